The summed E-state index contributed by atoms with van der Waals surface area (Å²) in [5.41, 5.74) is 0.504. The van der Waals surface area contributed by atoms with Gasteiger partial charge in [0.1, 0.15) is 17.1 Å². The van der Waals surface area contributed by atoms with Crippen LogP contribution in [0.4, 0.5) is 6.01 Å². The average Bonchev–Trinajstić information content (AvgIpc) is 3.10. The normalized spacial score (nSPS) is 18.0. The highest BCUT2D eigenvalue weighted by atomic mass is 16.4. The number of oxazole rings is 1. The number of para-hydroxylation sites is 2. The summed E-state index contributed by atoms with van der Waals surface area (Å²) in [5, 5.41) is 16.1. The van der Waals surface area contributed by atoms with Crippen molar-refractivity contribution in [2.75, 3.05) is 25.0 Å². The molecule has 3 rings (SSSR count). The summed E-state index contributed by atoms with van der Waals surface area (Å²) in [6, 6.07) is 9.67. The Morgan fingerprint density at radius 2 is 2.03 bits per heavy atom. The molecule has 162 valence electrons. The predicted octanol–water partition coefficient (Wildman–Crippen LogP) is 3.93. The quantitative estimate of drug-likeness (QED) is 0.717. The Hall–Kier alpha value is -2.59. The lowest BCUT2D eigenvalue weighted by Crippen LogP contribution is -2.57. The third-order valence-corrected chi connectivity index (χ3v) is 5.55. The van der Waals surface area contributed by atoms with Crippen molar-refractivity contribution in [1.29, 1.82) is 5.26 Å². The van der Waals surface area contributed by atoms with E-state index in [-0.39, 0.29) is 11.3 Å². The van der Waals surface area contributed by atoms with E-state index >= 15 is 0 Å². The van der Waals surface area contributed by atoms with E-state index in [0.29, 0.717) is 30.9 Å². The number of rotatable bonds is 7. The number of hydrogen-bond donors (Lipinski definition) is 2. The summed E-state index contributed by atoms with van der Waals surface area (Å²) in [6.07, 6.45) is 2.95. The van der Waals surface area contributed by atoms with E-state index in [1.807, 2.05) is 24.3 Å². The molecule has 1 atom stereocenters. The molecule has 1 aromatic heterocycles. The van der Waals surface area contributed by atoms with Gasteiger partial charge in [0.05, 0.1) is 6.07 Å². The van der Waals surface area contributed by atoms with Crippen LogP contribution in [-0.2, 0) is 4.79 Å². The van der Waals surface area contributed by atoms with E-state index < -0.39 is 11.6 Å². The van der Waals surface area contributed by atoms with Crippen molar-refractivity contribution in [3.05, 3.63) is 24.3 Å². The zero-order valence-electron chi connectivity index (χ0n) is 18.5. The smallest absolute Gasteiger partial charge is 0.296 e. The molecule has 0 radical (unpaired) electrons. The third kappa shape index (κ3) is 5.51. The maximum Gasteiger partial charge on any atom is 0.296 e. The predicted molar refractivity (Wildman–Crippen MR) is 118 cm³/mol. The standard InChI is InChI=1S/C23H33N5O2/c1-5-12-28-13-10-23(16-24,11-14-28)27-20(29)18(15-22(2,3)4)26-21-25-17-8-6-7-9-19(17)30-21/h6-9,18H,5,10-15H2,1-4H3,(H,25,26)(H,27,29). The Labute approximate surface area is 178 Å². The molecule has 7 nitrogen and oxygen atoms in total. The first kappa shape index (κ1) is 22.1. The first-order valence-corrected chi connectivity index (χ1v) is 10.8. The van der Waals surface area contributed by atoms with Crippen LogP contribution in [-0.4, -0.2) is 47.0 Å². The van der Waals surface area contributed by atoms with Gasteiger partial charge in [0.25, 0.3) is 6.01 Å². The monoisotopic (exact) mass is 411 g/mol. The minimum absolute atomic E-state index is 0.0919. The van der Waals surface area contributed by atoms with Crippen molar-refractivity contribution < 1.29 is 9.21 Å². The van der Waals surface area contributed by atoms with Crippen molar-refractivity contribution in [3.63, 3.8) is 0 Å². The molecule has 30 heavy (non-hydrogen) atoms. The van der Waals surface area contributed by atoms with Crippen LogP contribution < -0.4 is 10.6 Å². The third-order valence-electron chi connectivity index (χ3n) is 5.55. The van der Waals surface area contributed by atoms with Gasteiger partial charge in [-0.1, -0.05) is 39.8 Å². The number of carbonyl (C=O) groups is 1. The lowest BCUT2D eigenvalue weighted by atomic mass is 9.85. The number of carbonyl (C=O) groups excluding carboxylic acids is 1. The highest BCUT2D eigenvalue weighted by Crippen LogP contribution is 2.27. The molecule has 2 heterocycles. The molecule has 2 aromatic rings. The molecule has 1 unspecified atom stereocenters. The topological polar surface area (TPSA) is 94.2 Å². The van der Waals surface area contributed by atoms with E-state index in [2.05, 4.69) is 54.3 Å². The second kappa shape index (κ2) is 9.05. The molecule has 0 saturated carbocycles. The zero-order valence-corrected chi connectivity index (χ0v) is 18.5. The fraction of sp³-hybridized carbons (Fsp3) is 0.609. The van der Waals surface area contributed by atoms with Gasteiger partial charge in [0.15, 0.2) is 5.58 Å². The Kier molecular flexibility index (Phi) is 6.67. The number of hydrogen-bond acceptors (Lipinski definition) is 6. The number of fused-ring (bicyclic) bond motifs is 1. The van der Waals surface area contributed by atoms with Crippen LogP contribution in [0.25, 0.3) is 11.1 Å². The highest BCUT2D eigenvalue weighted by molar-refractivity contribution is 5.85. The molecule has 1 amide bonds. The van der Waals surface area contributed by atoms with Crippen LogP contribution in [0.5, 0.6) is 0 Å². The number of aromatic nitrogens is 1. The number of amides is 1. The first-order chi connectivity index (χ1) is 14.2. The average molecular weight is 412 g/mol. The fourth-order valence-electron chi connectivity index (χ4n) is 3.97. The van der Waals surface area contributed by atoms with Crippen molar-refractivity contribution >= 4 is 23.0 Å². The van der Waals surface area contributed by atoms with Crippen LogP contribution in [0.15, 0.2) is 28.7 Å². The second-order valence-corrected chi connectivity index (χ2v) is 9.47. The summed E-state index contributed by atoms with van der Waals surface area (Å²) >= 11 is 0. The number of benzene rings is 1. The number of nitrogens with one attached hydrogen (secondary N) is 2. The van der Waals surface area contributed by atoms with E-state index in [1.165, 1.54) is 0 Å². The molecule has 7 heteroatoms. The molecule has 1 aliphatic rings. The van der Waals surface area contributed by atoms with Crippen LogP contribution in [0.1, 0.15) is 53.4 Å². The van der Waals surface area contributed by atoms with Crippen molar-refractivity contribution in [2.24, 2.45) is 5.41 Å². The van der Waals surface area contributed by atoms with Gasteiger partial charge >= 0.3 is 0 Å². The molecule has 1 aliphatic heterocycles. The highest BCUT2D eigenvalue weighted by Gasteiger charge is 2.38. The van der Waals surface area contributed by atoms with Gasteiger partial charge in [0.2, 0.25) is 5.91 Å². The Bertz CT molecular complexity index is 867. The number of likely N-dealkylation sites (tertiary alicyclic amines) is 1. The van der Waals surface area contributed by atoms with E-state index in [0.717, 1.165) is 31.6 Å². The van der Waals surface area contributed by atoms with Crippen LogP contribution in [0.2, 0.25) is 0 Å². The lowest BCUT2D eigenvalue weighted by molar-refractivity contribution is -0.124. The Balaban J connectivity index is 1.74. The van der Waals surface area contributed by atoms with E-state index in [4.69, 9.17) is 4.42 Å². The minimum atomic E-state index is -0.819. The molecule has 1 saturated heterocycles. The lowest BCUT2D eigenvalue weighted by Gasteiger charge is -2.38. The Morgan fingerprint density at radius 3 is 2.63 bits per heavy atom. The molecule has 0 bridgehead atoms. The van der Waals surface area contributed by atoms with E-state index in [1.54, 1.807) is 0 Å². The van der Waals surface area contributed by atoms with Gasteiger partial charge < -0.3 is 20.0 Å². The first-order valence-electron chi connectivity index (χ1n) is 10.8. The number of anilines is 1. The minimum Gasteiger partial charge on any atom is -0.424 e. The molecule has 0 aliphatic carbocycles. The van der Waals surface area contributed by atoms with Gasteiger partial charge in [-0.2, -0.15) is 10.2 Å². The van der Waals surface area contributed by atoms with Crippen molar-refractivity contribution in [2.45, 2.75) is 65.0 Å². The van der Waals surface area contributed by atoms with Crippen molar-refractivity contribution in [1.82, 2.24) is 15.2 Å². The van der Waals surface area contributed by atoms with Crippen molar-refractivity contribution in [3.8, 4) is 6.07 Å². The van der Waals surface area contributed by atoms with Gasteiger partial charge in [-0.3, -0.25) is 4.79 Å². The molecular weight excluding hydrogens is 378 g/mol. The van der Waals surface area contributed by atoms with Crippen LogP contribution in [0.3, 0.4) is 0 Å². The SMILES string of the molecule is CCCN1CCC(C#N)(NC(=O)C(CC(C)(C)C)Nc2nc3ccccc3o2)CC1. The molecule has 2 N–H and O–H groups in total. The van der Waals surface area contributed by atoms with E-state index in [9.17, 15) is 10.1 Å². The van der Waals surface area contributed by atoms with Crippen LogP contribution in [0, 0.1) is 16.7 Å². The summed E-state index contributed by atoms with van der Waals surface area (Å²) in [5.74, 6) is -0.183. The fourth-order valence-corrected chi connectivity index (χ4v) is 3.97. The maximum absolute atomic E-state index is 13.3. The Morgan fingerprint density at radius 1 is 1.33 bits per heavy atom. The number of nitrogens with zero attached hydrogens (tertiary/aromatic N) is 3. The second-order valence-electron chi connectivity index (χ2n) is 9.47. The van der Waals surface area contributed by atoms with Gasteiger partial charge in [0, 0.05) is 13.1 Å². The summed E-state index contributed by atoms with van der Waals surface area (Å²) in [4.78, 5) is 20.1. The number of nitriles is 1. The maximum atomic E-state index is 13.3. The molecular formula is C23H33N5O2. The largest absolute Gasteiger partial charge is 0.424 e. The summed E-state index contributed by atoms with van der Waals surface area (Å²) in [6.45, 7) is 11.1. The summed E-state index contributed by atoms with van der Waals surface area (Å²) < 4.78 is 5.77. The number of piperidine rings is 1. The van der Waals surface area contributed by atoms with Gasteiger partial charge in [-0.15, -0.1) is 0 Å². The molecule has 1 fully saturated rings. The van der Waals surface area contributed by atoms with Gasteiger partial charge in [-0.25, -0.2) is 0 Å². The summed E-state index contributed by atoms with van der Waals surface area (Å²) in [7, 11) is 0. The zero-order chi connectivity index (χ0) is 21.8. The molecule has 0 spiro atoms. The van der Waals surface area contributed by atoms with Crippen LogP contribution >= 0.6 is 0 Å². The van der Waals surface area contributed by atoms with Gasteiger partial charge in [-0.05, 0) is 49.8 Å². The molecule has 1 aromatic carbocycles.